The number of anilines is 3. The number of aromatic nitrogens is 2. The van der Waals surface area contributed by atoms with Crippen molar-refractivity contribution in [1.29, 1.82) is 0 Å². The van der Waals surface area contributed by atoms with E-state index in [1.54, 1.807) is 0 Å². The molecule has 11 heteroatoms. The van der Waals surface area contributed by atoms with Crippen LogP contribution in [0.1, 0.15) is 41.1 Å². The van der Waals surface area contributed by atoms with E-state index in [4.69, 9.17) is 9.57 Å². The molecule has 1 atom stereocenters. The summed E-state index contributed by atoms with van der Waals surface area (Å²) in [7, 11) is 2.15. The highest BCUT2D eigenvalue weighted by molar-refractivity contribution is 5.62. The average molecular weight is 571 g/mol. The Morgan fingerprint density at radius 3 is 2.44 bits per heavy atom. The van der Waals surface area contributed by atoms with Crippen LogP contribution in [0.15, 0.2) is 48.7 Å². The molecule has 2 saturated heterocycles. The van der Waals surface area contributed by atoms with E-state index in [0.29, 0.717) is 25.3 Å². The van der Waals surface area contributed by atoms with Gasteiger partial charge in [-0.15, -0.1) is 0 Å². The van der Waals surface area contributed by atoms with Crippen LogP contribution < -0.4 is 15.1 Å². The number of nitrogens with zero attached hydrogens (tertiary/aromatic N) is 5. The number of ether oxygens (including phenoxy) is 1. The van der Waals surface area contributed by atoms with Gasteiger partial charge in [0.15, 0.2) is 5.82 Å². The zero-order chi connectivity index (χ0) is 29.0. The van der Waals surface area contributed by atoms with Crippen LogP contribution in [0, 0.1) is 13.8 Å². The highest BCUT2D eigenvalue weighted by atomic mass is 19.4. The van der Waals surface area contributed by atoms with E-state index in [-0.39, 0.29) is 11.8 Å². The quantitative estimate of drug-likeness (QED) is 0.326. The summed E-state index contributed by atoms with van der Waals surface area (Å²) in [6.45, 7) is 10.2. The van der Waals surface area contributed by atoms with Crippen molar-refractivity contribution >= 4 is 17.5 Å². The Hall–Kier alpha value is -3.41. The maximum absolute atomic E-state index is 14.0. The van der Waals surface area contributed by atoms with Crippen molar-refractivity contribution in [2.45, 2.75) is 38.9 Å². The summed E-state index contributed by atoms with van der Waals surface area (Å²) in [5, 5.41) is 4.35. The standard InChI is InChI=1S/C30H37F3N6O2/c1-21-18-24(19-22(2)27(21)40-16-7-11-38-14-12-37(3)13-15-38)35-29-34-20-25(30(31,32)33)28(36-29)39-26(10-17-41-39)23-8-5-4-6-9-23/h4-6,8-9,18-20,26H,7,10-17H2,1-3H3,(H,34,35,36). The average Bonchev–Trinajstić information content (AvgIpc) is 3.43. The molecule has 5 rings (SSSR count). The van der Waals surface area contributed by atoms with Crippen molar-refractivity contribution in [2.24, 2.45) is 0 Å². The second-order valence-electron chi connectivity index (χ2n) is 10.7. The van der Waals surface area contributed by atoms with Crippen LogP contribution in [0.3, 0.4) is 0 Å². The number of halogens is 3. The first-order chi connectivity index (χ1) is 19.7. The molecule has 0 amide bonds. The molecule has 220 valence electrons. The minimum atomic E-state index is -4.64. The fourth-order valence-corrected chi connectivity index (χ4v) is 5.37. The van der Waals surface area contributed by atoms with Crippen molar-refractivity contribution in [3.05, 3.63) is 70.9 Å². The predicted octanol–water partition coefficient (Wildman–Crippen LogP) is 5.76. The molecule has 2 aliphatic heterocycles. The number of likely N-dealkylation sites (N-methyl/N-ethyl adjacent to an activating group) is 1. The normalized spacial score (nSPS) is 18.6. The van der Waals surface area contributed by atoms with Gasteiger partial charge >= 0.3 is 6.18 Å². The third-order valence-corrected chi connectivity index (χ3v) is 7.55. The summed E-state index contributed by atoms with van der Waals surface area (Å²) < 4.78 is 48.1. The number of benzene rings is 2. The third-order valence-electron chi connectivity index (χ3n) is 7.55. The number of hydrogen-bond acceptors (Lipinski definition) is 8. The molecule has 0 saturated carbocycles. The van der Waals surface area contributed by atoms with Crippen LogP contribution in [0.4, 0.5) is 30.6 Å². The van der Waals surface area contributed by atoms with Crippen LogP contribution in [-0.2, 0) is 11.0 Å². The molecular weight excluding hydrogens is 533 g/mol. The third kappa shape index (κ3) is 7.09. The largest absolute Gasteiger partial charge is 0.493 e. The monoisotopic (exact) mass is 570 g/mol. The maximum atomic E-state index is 14.0. The Labute approximate surface area is 239 Å². The molecule has 0 radical (unpaired) electrons. The summed E-state index contributed by atoms with van der Waals surface area (Å²) in [5.74, 6) is 0.559. The van der Waals surface area contributed by atoms with E-state index in [1.165, 1.54) is 5.06 Å². The van der Waals surface area contributed by atoms with E-state index < -0.39 is 17.8 Å². The van der Waals surface area contributed by atoms with Gasteiger partial charge in [0.25, 0.3) is 0 Å². The zero-order valence-corrected chi connectivity index (χ0v) is 23.7. The maximum Gasteiger partial charge on any atom is 0.421 e. The summed E-state index contributed by atoms with van der Waals surface area (Å²) in [5.41, 5.74) is 2.42. The Kier molecular flexibility index (Phi) is 8.96. The van der Waals surface area contributed by atoms with Gasteiger partial charge in [-0.1, -0.05) is 30.3 Å². The summed E-state index contributed by atoms with van der Waals surface area (Å²) >= 11 is 0. The van der Waals surface area contributed by atoms with E-state index in [2.05, 4.69) is 32.1 Å². The fraction of sp³-hybridized carbons (Fsp3) is 0.467. The molecule has 0 spiro atoms. The molecule has 2 aromatic carbocycles. The van der Waals surface area contributed by atoms with Gasteiger partial charge in [0.1, 0.15) is 11.3 Å². The molecule has 3 heterocycles. The van der Waals surface area contributed by atoms with E-state index >= 15 is 0 Å². The van der Waals surface area contributed by atoms with Gasteiger partial charge in [-0.25, -0.2) is 10.0 Å². The lowest BCUT2D eigenvalue weighted by Crippen LogP contribution is -2.44. The van der Waals surface area contributed by atoms with Crippen LogP contribution >= 0.6 is 0 Å². The molecule has 2 fully saturated rings. The van der Waals surface area contributed by atoms with Gasteiger partial charge in [-0.2, -0.15) is 18.2 Å². The highest BCUT2D eigenvalue weighted by Crippen LogP contribution is 2.41. The number of piperazine rings is 1. The molecular formula is C30H37F3N6O2. The van der Waals surface area contributed by atoms with E-state index in [0.717, 1.165) is 67.8 Å². The Bertz CT molecular complexity index is 1290. The molecule has 8 nitrogen and oxygen atoms in total. The Morgan fingerprint density at radius 1 is 1.05 bits per heavy atom. The second kappa shape index (κ2) is 12.6. The van der Waals surface area contributed by atoms with Gasteiger partial charge in [-0.05, 0) is 56.1 Å². The topological polar surface area (TPSA) is 66.0 Å². The van der Waals surface area contributed by atoms with E-state index in [1.807, 2.05) is 56.3 Å². The number of nitrogens with one attached hydrogen (secondary N) is 1. The molecule has 1 N–H and O–H groups in total. The predicted molar refractivity (Wildman–Crippen MR) is 153 cm³/mol. The van der Waals surface area contributed by atoms with Crippen LogP contribution in [0.2, 0.25) is 0 Å². The molecule has 1 aromatic heterocycles. The molecule has 3 aromatic rings. The van der Waals surface area contributed by atoms with Crippen molar-refractivity contribution in [2.75, 3.05) is 63.4 Å². The highest BCUT2D eigenvalue weighted by Gasteiger charge is 2.40. The number of rotatable bonds is 9. The number of alkyl halides is 3. The van der Waals surface area contributed by atoms with Gasteiger partial charge in [0.05, 0.1) is 19.3 Å². The number of aryl methyl sites for hydroxylation is 2. The Morgan fingerprint density at radius 2 is 1.76 bits per heavy atom. The summed E-state index contributed by atoms with van der Waals surface area (Å²) in [6.07, 6.45) is -2.35. The van der Waals surface area contributed by atoms with E-state index in [9.17, 15) is 13.2 Å². The van der Waals surface area contributed by atoms with Crippen molar-refractivity contribution in [3.63, 3.8) is 0 Å². The molecule has 2 aliphatic rings. The molecule has 1 unspecified atom stereocenters. The number of hydrogen-bond donors (Lipinski definition) is 1. The molecule has 0 aliphatic carbocycles. The first-order valence-electron chi connectivity index (χ1n) is 14.0. The first-order valence-corrected chi connectivity index (χ1v) is 14.0. The summed E-state index contributed by atoms with van der Waals surface area (Å²) in [6, 6.07) is 12.7. The zero-order valence-electron chi connectivity index (χ0n) is 23.7. The van der Waals surface area contributed by atoms with Crippen molar-refractivity contribution in [3.8, 4) is 5.75 Å². The molecule has 0 bridgehead atoms. The molecule has 41 heavy (non-hydrogen) atoms. The summed E-state index contributed by atoms with van der Waals surface area (Å²) in [4.78, 5) is 18.8. The lowest BCUT2D eigenvalue weighted by molar-refractivity contribution is -0.138. The first kappa shape index (κ1) is 29.1. The number of hydroxylamine groups is 1. The van der Waals surface area contributed by atoms with Gasteiger partial charge in [0, 0.05) is 51.0 Å². The minimum Gasteiger partial charge on any atom is -0.493 e. The lowest BCUT2D eigenvalue weighted by atomic mass is 10.0. The minimum absolute atomic E-state index is 0.0509. The smallest absolute Gasteiger partial charge is 0.421 e. The van der Waals surface area contributed by atoms with Crippen molar-refractivity contribution < 1.29 is 22.7 Å². The van der Waals surface area contributed by atoms with Crippen LogP contribution in [0.5, 0.6) is 5.75 Å². The van der Waals surface area contributed by atoms with Gasteiger partial charge < -0.3 is 19.9 Å². The van der Waals surface area contributed by atoms with Crippen LogP contribution in [0.25, 0.3) is 0 Å². The Balaban J connectivity index is 1.29. The van der Waals surface area contributed by atoms with Crippen molar-refractivity contribution in [1.82, 2.24) is 19.8 Å². The van der Waals surface area contributed by atoms with Gasteiger partial charge in [-0.3, -0.25) is 4.84 Å². The van der Waals surface area contributed by atoms with Gasteiger partial charge in [0.2, 0.25) is 5.95 Å². The fourth-order valence-electron chi connectivity index (χ4n) is 5.37. The van der Waals surface area contributed by atoms with Crippen LogP contribution in [-0.4, -0.2) is 72.8 Å². The second-order valence-corrected chi connectivity index (χ2v) is 10.7. The lowest BCUT2D eigenvalue weighted by Gasteiger charge is -2.32. The SMILES string of the molecule is Cc1cc(Nc2ncc(C(F)(F)F)c(N3OCCC3c3ccccc3)n2)cc(C)c1OCCCN1CCN(C)CC1.